The van der Waals surface area contributed by atoms with E-state index in [1.165, 1.54) is 16.7 Å². The molecule has 84 valence electrons. The maximum Gasteiger partial charge on any atom is 0.0838 e. The van der Waals surface area contributed by atoms with Gasteiger partial charge in [-0.3, -0.25) is 4.68 Å². The summed E-state index contributed by atoms with van der Waals surface area (Å²) in [6.45, 7) is 4.69. The van der Waals surface area contributed by atoms with E-state index in [0.29, 0.717) is 6.54 Å². The molecule has 0 amide bonds. The van der Waals surface area contributed by atoms with Crippen molar-refractivity contribution in [3.8, 4) is 11.1 Å². The van der Waals surface area contributed by atoms with Crippen LogP contribution in [0.4, 0.5) is 0 Å². The highest BCUT2D eigenvalue weighted by Gasteiger charge is 2.10. The Morgan fingerprint density at radius 3 is 2.69 bits per heavy atom. The van der Waals surface area contributed by atoms with Crippen molar-refractivity contribution in [2.75, 3.05) is 0 Å². The summed E-state index contributed by atoms with van der Waals surface area (Å²) >= 11 is 0. The molecule has 3 heteroatoms. The van der Waals surface area contributed by atoms with E-state index >= 15 is 0 Å². The highest BCUT2D eigenvalue weighted by Crippen LogP contribution is 2.26. The van der Waals surface area contributed by atoms with Crippen LogP contribution in [0.3, 0.4) is 0 Å². The summed E-state index contributed by atoms with van der Waals surface area (Å²) in [5.74, 6) is 0. The monoisotopic (exact) mass is 215 g/mol. The molecule has 0 unspecified atom stereocenters. The van der Waals surface area contributed by atoms with E-state index in [1.54, 1.807) is 0 Å². The smallest absolute Gasteiger partial charge is 0.0838 e. The van der Waals surface area contributed by atoms with Crippen LogP contribution >= 0.6 is 0 Å². The number of benzene rings is 1. The second-order valence-electron chi connectivity index (χ2n) is 4.19. The lowest BCUT2D eigenvalue weighted by molar-refractivity contribution is 0.742. The van der Waals surface area contributed by atoms with Gasteiger partial charge >= 0.3 is 0 Å². The average molecular weight is 215 g/mol. The zero-order valence-corrected chi connectivity index (χ0v) is 9.99. The van der Waals surface area contributed by atoms with Gasteiger partial charge in [-0.05, 0) is 25.0 Å². The Kier molecular flexibility index (Phi) is 2.79. The van der Waals surface area contributed by atoms with E-state index in [4.69, 9.17) is 5.73 Å². The van der Waals surface area contributed by atoms with Gasteiger partial charge in [0.05, 0.1) is 5.69 Å². The van der Waals surface area contributed by atoms with Crippen molar-refractivity contribution in [1.29, 1.82) is 0 Å². The van der Waals surface area contributed by atoms with Crippen LogP contribution < -0.4 is 5.73 Å². The number of aryl methyl sites for hydroxylation is 3. The molecule has 0 bridgehead atoms. The fraction of sp³-hybridized carbons (Fsp3) is 0.308. The molecule has 2 N–H and O–H groups in total. The van der Waals surface area contributed by atoms with Crippen LogP contribution in [0.15, 0.2) is 24.4 Å². The van der Waals surface area contributed by atoms with Crippen molar-refractivity contribution in [3.63, 3.8) is 0 Å². The van der Waals surface area contributed by atoms with Crippen LogP contribution in [0.5, 0.6) is 0 Å². The number of hydrogen-bond acceptors (Lipinski definition) is 2. The third kappa shape index (κ3) is 1.86. The number of nitrogens with zero attached hydrogens (tertiary/aromatic N) is 2. The molecule has 3 nitrogen and oxygen atoms in total. The van der Waals surface area contributed by atoms with Crippen molar-refractivity contribution in [1.82, 2.24) is 9.78 Å². The van der Waals surface area contributed by atoms with Crippen LogP contribution in [0.1, 0.15) is 16.8 Å². The zero-order valence-electron chi connectivity index (χ0n) is 9.99. The third-order valence-electron chi connectivity index (χ3n) is 2.78. The molecule has 16 heavy (non-hydrogen) atoms. The van der Waals surface area contributed by atoms with Gasteiger partial charge in [0.25, 0.3) is 0 Å². The van der Waals surface area contributed by atoms with Gasteiger partial charge < -0.3 is 5.73 Å². The summed E-state index contributed by atoms with van der Waals surface area (Å²) in [6.07, 6.45) is 2.03. The summed E-state index contributed by atoms with van der Waals surface area (Å²) in [7, 11) is 1.92. The van der Waals surface area contributed by atoms with Gasteiger partial charge in [-0.1, -0.05) is 23.8 Å². The van der Waals surface area contributed by atoms with Gasteiger partial charge in [0.15, 0.2) is 0 Å². The summed E-state index contributed by atoms with van der Waals surface area (Å²) in [5, 5.41) is 4.37. The molecule has 0 aliphatic carbocycles. The van der Waals surface area contributed by atoms with Gasteiger partial charge in [-0.25, -0.2) is 0 Å². The van der Waals surface area contributed by atoms with E-state index in [0.717, 1.165) is 11.3 Å². The Labute approximate surface area is 95.9 Å². The molecule has 2 aromatic rings. The van der Waals surface area contributed by atoms with Crippen molar-refractivity contribution in [2.45, 2.75) is 20.4 Å². The first-order valence-electron chi connectivity index (χ1n) is 5.42. The number of nitrogens with two attached hydrogens (primary N) is 1. The normalized spacial score (nSPS) is 10.8. The van der Waals surface area contributed by atoms with Crippen LogP contribution in [0, 0.1) is 13.8 Å². The third-order valence-corrected chi connectivity index (χ3v) is 2.78. The minimum absolute atomic E-state index is 0.476. The number of hydrogen-bond donors (Lipinski definition) is 1. The first-order chi connectivity index (χ1) is 7.61. The predicted octanol–water partition coefficient (Wildman–Crippen LogP) is 2.16. The van der Waals surface area contributed by atoms with Gasteiger partial charge in [0.2, 0.25) is 0 Å². The minimum Gasteiger partial charge on any atom is -0.325 e. The Morgan fingerprint density at radius 1 is 1.25 bits per heavy atom. The van der Waals surface area contributed by atoms with Crippen LogP contribution in [0.2, 0.25) is 0 Å². The molecule has 2 rings (SSSR count). The van der Waals surface area contributed by atoms with Crippen molar-refractivity contribution < 1.29 is 0 Å². The van der Waals surface area contributed by atoms with Gasteiger partial charge in [0, 0.05) is 25.4 Å². The molecule has 0 saturated carbocycles. The molecule has 0 atom stereocenters. The number of rotatable bonds is 2. The number of aromatic nitrogens is 2. The maximum atomic E-state index is 5.71. The fourth-order valence-corrected chi connectivity index (χ4v) is 1.94. The lowest BCUT2D eigenvalue weighted by atomic mass is 9.99. The van der Waals surface area contributed by atoms with E-state index in [2.05, 4.69) is 37.1 Å². The topological polar surface area (TPSA) is 43.8 Å². The predicted molar refractivity (Wildman–Crippen MR) is 66.0 cm³/mol. The Morgan fingerprint density at radius 2 is 2.00 bits per heavy atom. The second-order valence-corrected chi connectivity index (χ2v) is 4.19. The first-order valence-corrected chi connectivity index (χ1v) is 5.42. The van der Waals surface area contributed by atoms with Gasteiger partial charge in [-0.15, -0.1) is 0 Å². The molecule has 0 fully saturated rings. The molecule has 0 aliphatic heterocycles. The Hall–Kier alpha value is -1.61. The highest BCUT2D eigenvalue weighted by atomic mass is 15.3. The fourth-order valence-electron chi connectivity index (χ4n) is 1.94. The van der Waals surface area contributed by atoms with E-state index in [-0.39, 0.29) is 0 Å². The largest absolute Gasteiger partial charge is 0.325 e. The molecular weight excluding hydrogens is 198 g/mol. The van der Waals surface area contributed by atoms with Crippen LogP contribution in [-0.2, 0) is 13.6 Å². The molecule has 0 spiro atoms. The Bertz CT molecular complexity index is 512. The standard InChI is InChI=1S/C13H17N3/c1-9-4-5-10(2)11(6-9)12-8-16(3)15-13(12)7-14/h4-6,8H,7,14H2,1-3H3. The first kappa shape index (κ1) is 10.9. The van der Waals surface area contributed by atoms with E-state index in [1.807, 2.05) is 17.9 Å². The maximum absolute atomic E-state index is 5.71. The molecule has 0 aliphatic rings. The lowest BCUT2D eigenvalue weighted by Crippen LogP contribution is -2.00. The molecule has 1 aromatic heterocycles. The van der Waals surface area contributed by atoms with Crippen molar-refractivity contribution in [3.05, 3.63) is 41.2 Å². The molecule has 1 heterocycles. The quantitative estimate of drug-likeness (QED) is 0.834. The van der Waals surface area contributed by atoms with Gasteiger partial charge in [0.1, 0.15) is 0 Å². The summed E-state index contributed by atoms with van der Waals surface area (Å²) < 4.78 is 1.82. The molecule has 0 radical (unpaired) electrons. The minimum atomic E-state index is 0.476. The van der Waals surface area contributed by atoms with Crippen LogP contribution in [-0.4, -0.2) is 9.78 Å². The van der Waals surface area contributed by atoms with Gasteiger partial charge in [-0.2, -0.15) is 5.10 Å². The SMILES string of the molecule is Cc1ccc(C)c(-c2cn(C)nc2CN)c1. The average Bonchev–Trinajstić information content (AvgIpc) is 2.63. The zero-order chi connectivity index (χ0) is 11.7. The van der Waals surface area contributed by atoms with Crippen molar-refractivity contribution in [2.24, 2.45) is 12.8 Å². The second kappa shape index (κ2) is 4.10. The Balaban J connectivity index is 2.61. The van der Waals surface area contributed by atoms with E-state index < -0.39 is 0 Å². The van der Waals surface area contributed by atoms with E-state index in [9.17, 15) is 0 Å². The van der Waals surface area contributed by atoms with Crippen LogP contribution in [0.25, 0.3) is 11.1 Å². The highest BCUT2D eigenvalue weighted by molar-refractivity contribution is 5.69. The van der Waals surface area contributed by atoms with Crippen molar-refractivity contribution >= 4 is 0 Å². The lowest BCUT2D eigenvalue weighted by Gasteiger charge is -2.06. The summed E-state index contributed by atoms with van der Waals surface area (Å²) in [4.78, 5) is 0. The molecule has 0 saturated heterocycles. The molecule has 1 aromatic carbocycles. The molecular formula is C13H17N3. The summed E-state index contributed by atoms with van der Waals surface area (Å²) in [6, 6.07) is 6.45. The summed E-state index contributed by atoms with van der Waals surface area (Å²) in [5.41, 5.74) is 11.6.